The zero-order valence-corrected chi connectivity index (χ0v) is 10.8. The van der Waals surface area contributed by atoms with Crippen LogP contribution in [0.25, 0.3) is 11.1 Å². The lowest BCUT2D eigenvalue weighted by Gasteiger charge is -2.04. The molecule has 0 unspecified atom stereocenters. The number of rotatable bonds is 5. The summed E-state index contributed by atoms with van der Waals surface area (Å²) in [6.07, 6.45) is 2.97. The van der Waals surface area contributed by atoms with Crippen LogP contribution in [-0.4, -0.2) is 0 Å². The fourth-order valence-corrected chi connectivity index (χ4v) is 1.63. The van der Waals surface area contributed by atoms with Crippen LogP contribution in [0.5, 0.6) is 0 Å². The minimum atomic E-state index is -0.558. The van der Waals surface area contributed by atoms with Gasteiger partial charge in [-0.05, 0) is 41.6 Å². The molecule has 0 radical (unpaired) electrons. The van der Waals surface area contributed by atoms with Crippen LogP contribution in [0.1, 0.15) is 48.3 Å². The fraction of sp³-hybridized carbons (Fsp3) is 0.278. The average molecular weight is 257 g/mol. The highest BCUT2D eigenvalue weighted by Crippen LogP contribution is 2.20. The van der Waals surface area contributed by atoms with E-state index in [0.717, 1.165) is 19.3 Å². The lowest BCUT2D eigenvalue weighted by Crippen LogP contribution is -1.86. The first-order valence-corrected chi connectivity index (χ1v) is 6.28. The smallest absolute Gasteiger partial charge is 0.0991 e. The van der Waals surface area contributed by atoms with Crippen LogP contribution in [0, 0.1) is 11.3 Å². The average Bonchev–Trinajstić information content (AvgIpc) is 2.64. The Morgan fingerprint density at radius 3 is 2.05 bits per heavy atom. The molecule has 2 aromatic rings. The lowest BCUT2D eigenvalue weighted by atomic mass is 10.0. The molecule has 2 rings (SSSR count). The van der Waals surface area contributed by atoms with Crippen molar-refractivity contribution in [3.05, 3.63) is 59.5 Å². The molecular formula is C18H19N. The van der Waals surface area contributed by atoms with Crippen molar-refractivity contribution >= 4 is 0 Å². The van der Waals surface area contributed by atoms with E-state index in [-0.39, 0.29) is 28.8 Å². The molecule has 0 aliphatic carbocycles. The third-order valence-electron chi connectivity index (χ3n) is 2.69. The molecule has 1 heteroatoms. The zero-order valence-electron chi connectivity index (χ0n) is 18.8. The Morgan fingerprint density at radius 2 is 1.53 bits per heavy atom. The van der Waals surface area contributed by atoms with Crippen molar-refractivity contribution in [1.29, 1.82) is 5.26 Å². The van der Waals surface area contributed by atoms with E-state index in [1.165, 1.54) is 0 Å². The van der Waals surface area contributed by atoms with E-state index in [9.17, 15) is 0 Å². The standard InChI is InChI=1S/C18H19N/c1-2-3-4-5-15-6-10-17(11-7-15)18-12-8-16(14-19)9-13-18/h6-13H,2-5H2,1H3/i6D,7D,8D,9D,10D,11D,12D,13D. The van der Waals surface area contributed by atoms with Crippen molar-refractivity contribution in [3.8, 4) is 17.2 Å². The third-order valence-corrected chi connectivity index (χ3v) is 2.69. The molecule has 0 amide bonds. The van der Waals surface area contributed by atoms with Gasteiger partial charge in [0.1, 0.15) is 0 Å². The Morgan fingerprint density at radius 1 is 0.947 bits per heavy atom. The Labute approximate surface area is 126 Å². The molecule has 2 aromatic carbocycles. The van der Waals surface area contributed by atoms with Gasteiger partial charge in [-0.15, -0.1) is 0 Å². The van der Waals surface area contributed by atoms with Crippen LogP contribution in [0.3, 0.4) is 0 Å². The summed E-state index contributed by atoms with van der Waals surface area (Å²) in [5, 5.41) is 9.06. The van der Waals surface area contributed by atoms with Gasteiger partial charge in [-0.25, -0.2) is 0 Å². The number of hydrogen-bond acceptors (Lipinski definition) is 1. The molecule has 0 bridgehead atoms. The van der Waals surface area contributed by atoms with E-state index in [4.69, 9.17) is 16.2 Å². The Balaban J connectivity index is 2.81. The molecule has 0 atom stereocenters. The molecule has 96 valence electrons. The molecule has 1 nitrogen and oxygen atoms in total. The summed E-state index contributed by atoms with van der Waals surface area (Å²) < 4.78 is 65.0. The first-order valence-electron chi connectivity index (χ1n) is 10.3. The Bertz CT molecular complexity index is 888. The summed E-state index contributed by atoms with van der Waals surface area (Å²) in [7, 11) is 0. The second-order valence-corrected chi connectivity index (χ2v) is 4.17. The molecule has 0 N–H and O–H groups in total. The minimum Gasteiger partial charge on any atom is -0.192 e. The van der Waals surface area contributed by atoms with Crippen molar-refractivity contribution < 1.29 is 11.0 Å². The molecule has 0 heterocycles. The van der Waals surface area contributed by atoms with Crippen LogP contribution >= 0.6 is 0 Å². The molecule has 19 heavy (non-hydrogen) atoms. The summed E-state index contributed by atoms with van der Waals surface area (Å²) in [4.78, 5) is 0. The van der Waals surface area contributed by atoms with Gasteiger partial charge in [0.25, 0.3) is 0 Å². The number of nitriles is 1. The monoisotopic (exact) mass is 257 g/mol. The van der Waals surface area contributed by atoms with E-state index in [1.807, 2.05) is 6.92 Å². The van der Waals surface area contributed by atoms with Crippen molar-refractivity contribution in [2.75, 3.05) is 0 Å². The van der Waals surface area contributed by atoms with Gasteiger partial charge in [0.15, 0.2) is 0 Å². The van der Waals surface area contributed by atoms with Crippen LogP contribution in [0.15, 0.2) is 48.3 Å². The van der Waals surface area contributed by atoms with Gasteiger partial charge in [-0.3, -0.25) is 0 Å². The quantitative estimate of drug-likeness (QED) is 0.695. The van der Waals surface area contributed by atoms with Gasteiger partial charge in [-0.1, -0.05) is 56.0 Å². The maximum atomic E-state index is 9.06. The van der Waals surface area contributed by atoms with Crippen molar-refractivity contribution in [3.63, 3.8) is 0 Å². The van der Waals surface area contributed by atoms with Crippen LogP contribution < -0.4 is 0 Å². The predicted octanol–water partition coefficient (Wildman–Crippen LogP) is 4.96. The number of benzene rings is 2. The largest absolute Gasteiger partial charge is 0.192 e. The molecular weight excluding hydrogens is 230 g/mol. The molecule has 0 saturated heterocycles. The number of unbranched alkanes of at least 4 members (excludes halogenated alkanes) is 2. The molecule has 0 aromatic heterocycles. The number of nitrogens with zero attached hydrogens (tertiary/aromatic N) is 1. The summed E-state index contributed by atoms with van der Waals surface area (Å²) in [6, 6.07) is -1.84. The first-order chi connectivity index (χ1) is 12.7. The molecule has 0 spiro atoms. The van der Waals surface area contributed by atoms with E-state index < -0.39 is 41.8 Å². The van der Waals surface area contributed by atoms with Gasteiger partial charge in [0.2, 0.25) is 0 Å². The Hall–Kier alpha value is -2.07. The van der Waals surface area contributed by atoms with E-state index in [0.29, 0.717) is 6.42 Å². The highest BCUT2D eigenvalue weighted by atomic mass is 14.2. The van der Waals surface area contributed by atoms with E-state index in [2.05, 4.69) is 0 Å². The summed E-state index contributed by atoms with van der Waals surface area (Å²) in [6.45, 7) is 2.02. The second kappa shape index (κ2) is 6.75. The van der Waals surface area contributed by atoms with Crippen LogP contribution in [-0.2, 0) is 6.42 Å². The topological polar surface area (TPSA) is 23.8 Å². The van der Waals surface area contributed by atoms with Crippen molar-refractivity contribution in [1.82, 2.24) is 0 Å². The van der Waals surface area contributed by atoms with Crippen LogP contribution in [0.4, 0.5) is 0 Å². The normalized spacial score (nSPS) is 16.0. The maximum absolute atomic E-state index is 9.06. The maximum Gasteiger partial charge on any atom is 0.0991 e. The Kier molecular flexibility index (Phi) is 2.27. The minimum absolute atomic E-state index is 0.233. The van der Waals surface area contributed by atoms with Gasteiger partial charge < -0.3 is 0 Å². The molecule has 0 aliphatic rings. The molecule has 0 saturated carbocycles. The van der Waals surface area contributed by atoms with Gasteiger partial charge in [-0.2, -0.15) is 5.26 Å². The summed E-state index contributed by atoms with van der Waals surface area (Å²) in [5.41, 5.74) is -0.724. The van der Waals surface area contributed by atoms with E-state index >= 15 is 0 Å². The molecule has 0 fully saturated rings. The second-order valence-electron chi connectivity index (χ2n) is 4.17. The molecule has 0 aliphatic heterocycles. The predicted molar refractivity (Wildman–Crippen MR) is 79.8 cm³/mol. The summed E-state index contributed by atoms with van der Waals surface area (Å²) in [5.74, 6) is 0. The SMILES string of the molecule is [2H]c1c([2H])c(-c2c([2H])c([2H])c(CCCCC)c([2H])c2[2H])c([2H])c([2H])c1C#N. The first kappa shape index (κ1) is 6.39. The van der Waals surface area contributed by atoms with Crippen LogP contribution in [0.2, 0.25) is 0 Å². The third kappa shape index (κ3) is 3.69. The van der Waals surface area contributed by atoms with Gasteiger partial charge in [0, 0.05) is 0 Å². The van der Waals surface area contributed by atoms with Crippen molar-refractivity contribution in [2.45, 2.75) is 32.6 Å². The zero-order chi connectivity index (χ0) is 20.5. The number of hydrogen-bond donors (Lipinski definition) is 0. The van der Waals surface area contributed by atoms with Gasteiger partial charge in [0.05, 0.1) is 22.6 Å². The summed E-state index contributed by atoms with van der Waals surface area (Å²) >= 11 is 0. The van der Waals surface area contributed by atoms with Gasteiger partial charge >= 0.3 is 0 Å². The van der Waals surface area contributed by atoms with E-state index in [1.54, 1.807) is 6.07 Å². The highest BCUT2D eigenvalue weighted by Gasteiger charge is 1.99. The lowest BCUT2D eigenvalue weighted by molar-refractivity contribution is 0.717. The highest BCUT2D eigenvalue weighted by molar-refractivity contribution is 5.64. The fourth-order valence-electron chi connectivity index (χ4n) is 1.63. The van der Waals surface area contributed by atoms with Crippen molar-refractivity contribution in [2.24, 2.45) is 0 Å².